The Morgan fingerprint density at radius 1 is 1.19 bits per heavy atom. The van der Waals surface area contributed by atoms with Gasteiger partial charge in [-0.3, -0.25) is 9.59 Å². The maximum Gasteiger partial charge on any atom is 0.403 e. The lowest BCUT2D eigenvalue weighted by molar-refractivity contribution is -0.189. The van der Waals surface area contributed by atoms with Crippen LogP contribution in [0.1, 0.15) is 42.5 Å². The zero-order valence-electron chi connectivity index (χ0n) is 14.1. The fourth-order valence-corrected chi connectivity index (χ4v) is 6.03. The number of amides is 2. The number of alkyl halides is 3. The first kappa shape index (κ1) is 20.1. The predicted molar refractivity (Wildman–Crippen MR) is 91.8 cm³/mol. The van der Waals surface area contributed by atoms with E-state index in [0.29, 0.717) is 37.3 Å². The van der Waals surface area contributed by atoms with E-state index in [9.17, 15) is 31.2 Å². The largest absolute Gasteiger partial charge is 0.403 e. The Kier molecular flexibility index (Phi) is 5.02. The number of nitrogens with two attached hydrogens (primary N) is 1. The molecular formula is C15H18F3N3O4S2. The van der Waals surface area contributed by atoms with Gasteiger partial charge < -0.3 is 11.1 Å². The number of carbonyl (C=O) groups excluding carboxylic acids is 2. The van der Waals surface area contributed by atoms with Gasteiger partial charge in [-0.1, -0.05) is 6.42 Å². The number of halogens is 3. The van der Waals surface area contributed by atoms with Crippen LogP contribution in [0.5, 0.6) is 0 Å². The molecule has 0 unspecified atom stereocenters. The lowest BCUT2D eigenvalue weighted by atomic mass is 10.1. The third-order valence-corrected chi connectivity index (χ3v) is 8.24. The van der Waals surface area contributed by atoms with Crippen molar-refractivity contribution in [2.75, 3.05) is 18.4 Å². The van der Waals surface area contributed by atoms with Gasteiger partial charge in [0.1, 0.15) is 14.6 Å². The Morgan fingerprint density at radius 3 is 2.26 bits per heavy atom. The number of hydrogen-bond donors (Lipinski definition) is 2. The molecule has 2 heterocycles. The van der Waals surface area contributed by atoms with Crippen LogP contribution in [-0.2, 0) is 14.8 Å². The van der Waals surface area contributed by atoms with Gasteiger partial charge >= 0.3 is 6.18 Å². The van der Waals surface area contributed by atoms with Crippen LogP contribution in [0, 0.1) is 5.41 Å². The van der Waals surface area contributed by atoms with Crippen molar-refractivity contribution in [2.24, 2.45) is 11.1 Å². The highest BCUT2D eigenvalue weighted by molar-refractivity contribution is 7.91. The minimum atomic E-state index is -4.72. The minimum Gasteiger partial charge on any atom is -0.366 e. The number of nitrogens with zero attached hydrogens (tertiary/aromatic N) is 1. The summed E-state index contributed by atoms with van der Waals surface area (Å²) in [5.41, 5.74) is 2.42. The zero-order valence-corrected chi connectivity index (χ0v) is 15.8. The summed E-state index contributed by atoms with van der Waals surface area (Å²) >= 11 is 0.542. The summed E-state index contributed by atoms with van der Waals surface area (Å²) in [5.74, 6) is -2.33. The van der Waals surface area contributed by atoms with E-state index in [1.165, 1.54) is 4.31 Å². The molecule has 0 atom stereocenters. The molecule has 2 amide bonds. The number of anilines is 1. The minimum absolute atomic E-state index is 0.231. The van der Waals surface area contributed by atoms with E-state index in [4.69, 9.17) is 5.73 Å². The van der Waals surface area contributed by atoms with Crippen LogP contribution in [0.15, 0.2) is 10.3 Å². The van der Waals surface area contributed by atoms with Crippen molar-refractivity contribution >= 4 is 38.2 Å². The van der Waals surface area contributed by atoms with E-state index in [0.717, 1.165) is 12.5 Å². The van der Waals surface area contributed by atoms with Crippen molar-refractivity contribution < 1.29 is 31.2 Å². The van der Waals surface area contributed by atoms with Gasteiger partial charge in [-0.2, -0.15) is 17.5 Å². The third kappa shape index (κ3) is 3.57. The number of nitrogens with one attached hydrogen (secondary N) is 1. The number of piperidine rings is 1. The van der Waals surface area contributed by atoms with Gasteiger partial charge in [-0.15, -0.1) is 11.3 Å². The van der Waals surface area contributed by atoms with E-state index < -0.39 is 33.4 Å². The number of thiophene rings is 1. The SMILES string of the molecule is NC(=O)c1cc(S(=O)(=O)N2CCCCC2)sc1NC(=O)C1(C(F)(F)F)CC1. The highest BCUT2D eigenvalue weighted by atomic mass is 32.2. The maximum atomic E-state index is 13.1. The van der Waals surface area contributed by atoms with Crippen LogP contribution in [0.3, 0.4) is 0 Å². The summed E-state index contributed by atoms with van der Waals surface area (Å²) in [4.78, 5) is 23.8. The molecule has 1 aliphatic carbocycles. The summed E-state index contributed by atoms with van der Waals surface area (Å²) in [5, 5.41) is 1.79. The van der Waals surface area contributed by atoms with Crippen LogP contribution in [-0.4, -0.2) is 43.8 Å². The molecular weight excluding hydrogens is 407 g/mol. The van der Waals surface area contributed by atoms with Crippen molar-refractivity contribution in [3.05, 3.63) is 11.6 Å². The molecule has 2 fully saturated rings. The number of hydrogen-bond acceptors (Lipinski definition) is 5. The van der Waals surface area contributed by atoms with E-state index in [-0.39, 0.29) is 27.6 Å². The Balaban J connectivity index is 1.90. The molecule has 7 nitrogen and oxygen atoms in total. The second-order valence-corrected chi connectivity index (χ2v) is 9.89. The molecule has 1 aliphatic heterocycles. The lowest BCUT2D eigenvalue weighted by Gasteiger charge is -2.25. The Hall–Kier alpha value is -1.66. The van der Waals surface area contributed by atoms with Crippen LogP contribution in [0.2, 0.25) is 0 Å². The second-order valence-electron chi connectivity index (χ2n) is 6.67. The van der Waals surface area contributed by atoms with Gasteiger partial charge in [0.05, 0.1) is 5.56 Å². The zero-order chi connectivity index (χ0) is 20.0. The summed E-state index contributed by atoms with van der Waals surface area (Å²) < 4.78 is 65.8. The van der Waals surface area contributed by atoms with Gasteiger partial charge in [-0.05, 0) is 31.7 Å². The molecule has 0 bridgehead atoms. The van der Waals surface area contributed by atoms with Gasteiger partial charge in [0.15, 0.2) is 0 Å². The average Bonchev–Trinajstić information content (AvgIpc) is 3.31. The third-order valence-electron chi connectivity index (χ3n) is 4.84. The Morgan fingerprint density at radius 2 is 1.78 bits per heavy atom. The molecule has 1 aromatic heterocycles. The number of sulfonamides is 1. The van der Waals surface area contributed by atoms with Crippen LogP contribution >= 0.6 is 11.3 Å². The van der Waals surface area contributed by atoms with Gasteiger partial charge in [0.25, 0.3) is 15.9 Å². The van der Waals surface area contributed by atoms with E-state index in [2.05, 4.69) is 5.32 Å². The molecule has 12 heteroatoms. The first-order valence-corrected chi connectivity index (χ1v) is 10.6. The first-order valence-electron chi connectivity index (χ1n) is 8.31. The molecule has 1 saturated heterocycles. The molecule has 1 saturated carbocycles. The summed E-state index contributed by atoms with van der Waals surface area (Å²) in [6.07, 6.45) is -3.11. The Bertz CT molecular complexity index is 869. The Labute approximate surface area is 157 Å². The quantitative estimate of drug-likeness (QED) is 0.754. The number of rotatable bonds is 5. The molecule has 0 radical (unpaired) electrons. The van der Waals surface area contributed by atoms with E-state index in [1.54, 1.807) is 0 Å². The second kappa shape index (κ2) is 6.74. The van der Waals surface area contributed by atoms with Crippen LogP contribution in [0.25, 0.3) is 0 Å². The molecule has 150 valence electrons. The highest BCUT2D eigenvalue weighted by Crippen LogP contribution is 2.58. The smallest absolute Gasteiger partial charge is 0.366 e. The average molecular weight is 425 g/mol. The number of carbonyl (C=O) groups is 2. The predicted octanol–water partition coefficient (Wildman–Crippen LogP) is 2.30. The van der Waals surface area contributed by atoms with Crippen molar-refractivity contribution in [1.29, 1.82) is 0 Å². The number of primary amides is 1. The lowest BCUT2D eigenvalue weighted by Crippen LogP contribution is -2.37. The monoisotopic (exact) mass is 425 g/mol. The van der Waals surface area contributed by atoms with Crippen molar-refractivity contribution in [1.82, 2.24) is 4.31 Å². The standard InChI is InChI=1S/C15H18F3N3O4S2/c16-15(17,18)14(4-5-14)13(23)20-12-9(11(19)22)8-10(26-12)27(24,25)21-6-2-1-3-7-21/h8H,1-7H2,(H2,19,22)(H,20,23). The molecule has 1 aromatic rings. The van der Waals surface area contributed by atoms with E-state index >= 15 is 0 Å². The van der Waals surface area contributed by atoms with Gasteiger partial charge in [-0.25, -0.2) is 8.42 Å². The molecule has 2 aliphatic rings. The van der Waals surface area contributed by atoms with Crippen molar-refractivity contribution in [2.45, 2.75) is 42.5 Å². The molecule has 27 heavy (non-hydrogen) atoms. The summed E-state index contributed by atoms with van der Waals surface area (Å²) in [7, 11) is -3.91. The first-order chi connectivity index (χ1) is 12.5. The summed E-state index contributed by atoms with van der Waals surface area (Å²) in [6.45, 7) is 0.649. The van der Waals surface area contributed by atoms with Gasteiger partial charge in [0, 0.05) is 13.1 Å². The van der Waals surface area contributed by atoms with Gasteiger partial charge in [0.2, 0.25) is 5.91 Å². The molecule has 0 spiro atoms. The van der Waals surface area contributed by atoms with Crippen LogP contribution < -0.4 is 11.1 Å². The molecule has 3 rings (SSSR count). The highest BCUT2D eigenvalue weighted by Gasteiger charge is 2.68. The van der Waals surface area contributed by atoms with Crippen molar-refractivity contribution in [3.8, 4) is 0 Å². The van der Waals surface area contributed by atoms with Crippen LogP contribution in [0.4, 0.5) is 18.2 Å². The fourth-order valence-electron chi connectivity index (χ4n) is 2.99. The normalized spacial score (nSPS) is 20.3. The molecule has 3 N–H and O–H groups in total. The maximum absolute atomic E-state index is 13.1. The molecule has 0 aromatic carbocycles. The summed E-state index contributed by atoms with van der Waals surface area (Å²) in [6, 6.07) is 1.01. The van der Waals surface area contributed by atoms with E-state index in [1.807, 2.05) is 0 Å². The van der Waals surface area contributed by atoms with Crippen molar-refractivity contribution in [3.63, 3.8) is 0 Å². The topological polar surface area (TPSA) is 110 Å². The fraction of sp³-hybridized carbons (Fsp3) is 0.600.